The van der Waals surface area contributed by atoms with Gasteiger partial charge in [-0.15, -0.1) is 0 Å². The highest BCUT2D eigenvalue weighted by atomic mass is 16.3. The fraction of sp³-hybridized carbons (Fsp3) is 0.400. The molecule has 0 heterocycles. The Morgan fingerprint density at radius 1 is 1.35 bits per heavy atom. The highest BCUT2D eigenvalue weighted by Crippen LogP contribution is 2.16. The minimum atomic E-state index is -0.422. The summed E-state index contributed by atoms with van der Waals surface area (Å²) in [5, 5.41) is 9.30. The third-order valence-electron chi connectivity index (χ3n) is 2.73. The van der Waals surface area contributed by atoms with E-state index in [1.807, 2.05) is 36.4 Å². The fourth-order valence-corrected chi connectivity index (χ4v) is 1.68. The summed E-state index contributed by atoms with van der Waals surface area (Å²) in [6.45, 7) is 1.98. The maximum Gasteiger partial charge on any atom is 0.165 e. The second kappa shape index (κ2) is 7.80. The lowest BCUT2D eigenvalue weighted by molar-refractivity contribution is -0.116. The molecular weight excluding hydrogens is 212 g/mol. The average Bonchev–Trinajstić information content (AvgIpc) is 2.37. The molecule has 1 N–H and O–H groups in total. The highest BCUT2D eigenvalue weighted by molar-refractivity contribution is 5.95. The average molecular weight is 232 g/mol. The van der Waals surface area contributed by atoms with Crippen LogP contribution < -0.4 is 0 Å². The molecule has 17 heavy (non-hydrogen) atoms. The summed E-state index contributed by atoms with van der Waals surface area (Å²) >= 11 is 0. The lowest BCUT2D eigenvalue weighted by Gasteiger charge is -2.10. The zero-order valence-corrected chi connectivity index (χ0v) is 10.3. The molecular formula is C15H20O2. The number of hydrogen-bond acceptors (Lipinski definition) is 2. The number of hydrogen-bond donors (Lipinski definition) is 1. The summed E-state index contributed by atoms with van der Waals surface area (Å²) in [5.41, 5.74) is 0.875. The summed E-state index contributed by atoms with van der Waals surface area (Å²) in [7, 11) is 0. The second-order valence-electron chi connectivity index (χ2n) is 4.09. The van der Waals surface area contributed by atoms with Crippen LogP contribution in [0.1, 0.15) is 37.7 Å². The van der Waals surface area contributed by atoms with E-state index in [0.29, 0.717) is 0 Å². The van der Waals surface area contributed by atoms with Crippen LogP contribution in [0.2, 0.25) is 0 Å². The van der Waals surface area contributed by atoms with Crippen LogP contribution in [0, 0.1) is 0 Å². The van der Waals surface area contributed by atoms with Gasteiger partial charge >= 0.3 is 0 Å². The number of carbonyl (C=O) groups is 1. The predicted octanol–water partition coefficient (Wildman–Crippen LogP) is 3.08. The van der Waals surface area contributed by atoms with Crippen molar-refractivity contribution >= 4 is 5.78 Å². The molecule has 0 saturated carbocycles. The van der Waals surface area contributed by atoms with E-state index >= 15 is 0 Å². The summed E-state index contributed by atoms with van der Waals surface area (Å²) in [6.07, 6.45) is 6.65. The Hall–Kier alpha value is -1.41. The Labute approximate surface area is 103 Å². The van der Waals surface area contributed by atoms with E-state index < -0.39 is 5.92 Å². The molecule has 0 aliphatic rings. The molecule has 1 atom stereocenters. The van der Waals surface area contributed by atoms with Gasteiger partial charge in [-0.1, -0.05) is 56.2 Å². The molecule has 0 fully saturated rings. The zero-order valence-electron chi connectivity index (χ0n) is 10.3. The molecule has 2 nitrogen and oxygen atoms in total. The Bertz CT molecular complexity index is 354. The first-order chi connectivity index (χ1) is 8.29. The van der Waals surface area contributed by atoms with Crippen molar-refractivity contribution in [2.75, 3.05) is 6.61 Å². The van der Waals surface area contributed by atoms with Crippen LogP contribution in [-0.4, -0.2) is 17.5 Å². The summed E-state index contributed by atoms with van der Waals surface area (Å²) in [6, 6.07) is 9.41. The normalized spacial score (nSPS) is 12.8. The van der Waals surface area contributed by atoms with Crippen LogP contribution in [0.5, 0.6) is 0 Å². The van der Waals surface area contributed by atoms with Gasteiger partial charge in [-0.25, -0.2) is 0 Å². The molecule has 0 radical (unpaired) electrons. The van der Waals surface area contributed by atoms with Gasteiger partial charge in [0.15, 0.2) is 5.78 Å². The van der Waals surface area contributed by atoms with Gasteiger partial charge in [-0.05, 0) is 18.1 Å². The molecule has 2 heteroatoms. The Morgan fingerprint density at radius 3 is 2.65 bits per heavy atom. The number of carbonyl (C=O) groups excluding carboxylic acids is 1. The van der Waals surface area contributed by atoms with Gasteiger partial charge < -0.3 is 5.11 Å². The first-order valence-electron chi connectivity index (χ1n) is 6.15. The van der Waals surface area contributed by atoms with Crippen LogP contribution in [0.15, 0.2) is 42.5 Å². The maximum atomic E-state index is 11.9. The quantitative estimate of drug-likeness (QED) is 0.579. The van der Waals surface area contributed by atoms with Crippen molar-refractivity contribution in [3.63, 3.8) is 0 Å². The minimum Gasteiger partial charge on any atom is -0.395 e. The van der Waals surface area contributed by atoms with Crippen LogP contribution in [0.4, 0.5) is 0 Å². The molecule has 0 bridgehead atoms. The number of ketones is 1. The number of allylic oxidation sites excluding steroid dienone is 2. The third-order valence-corrected chi connectivity index (χ3v) is 2.73. The van der Waals surface area contributed by atoms with Gasteiger partial charge in [0.25, 0.3) is 0 Å². The van der Waals surface area contributed by atoms with Gasteiger partial charge in [0.1, 0.15) is 0 Å². The Kier molecular flexibility index (Phi) is 6.26. The van der Waals surface area contributed by atoms with Gasteiger partial charge in [-0.3, -0.25) is 4.79 Å². The number of aliphatic hydroxyl groups excluding tert-OH is 1. The smallest absolute Gasteiger partial charge is 0.165 e. The minimum absolute atomic E-state index is 0.0187. The third kappa shape index (κ3) is 4.53. The zero-order chi connectivity index (χ0) is 12.5. The maximum absolute atomic E-state index is 11.9. The van der Waals surface area contributed by atoms with Gasteiger partial charge in [-0.2, -0.15) is 0 Å². The van der Waals surface area contributed by atoms with Gasteiger partial charge in [0, 0.05) is 0 Å². The van der Waals surface area contributed by atoms with Gasteiger partial charge in [0.05, 0.1) is 12.5 Å². The second-order valence-corrected chi connectivity index (χ2v) is 4.09. The molecule has 1 rings (SSSR count). The molecule has 1 unspecified atom stereocenters. The van der Waals surface area contributed by atoms with Crippen molar-refractivity contribution in [3.05, 3.63) is 48.0 Å². The van der Waals surface area contributed by atoms with E-state index in [-0.39, 0.29) is 12.4 Å². The van der Waals surface area contributed by atoms with Crippen molar-refractivity contribution in [2.24, 2.45) is 0 Å². The van der Waals surface area contributed by atoms with E-state index in [2.05, 4.69) is 6.92 Å². The first-order valence-corrected chi connectivity index (χ1v) is 6.15. The molecule has 0 aliphatic heterocycles. The number of unbranched alkanes of at least 4 members (excludes halogenated alkanes) is 2. The number of benzene rings is 1. The van der Waals surface area contributed by atoms with E-state index in [9.17, 15) is 9.90 Å². The van der Waals surface area contributed by atoms with Crippen molar-refractivity contribution in [3.8, 4) is 0 Å². The Balaban J connectivity index is 2.62. The number of aliphatic hydroxyl groups is 1. The molecule has 1 aromatic rings. The van der Waals surface area contributed by atoms with Crippen LogP contribution in [0.25, 0.3) is 0 Å². The molecule has 0 spiro atoms. The van der Waals surface area contributed by atoms with E-state index in [0.717, 1.165) is 24.8 Å². The lowest BCUT2D eigenvalue weighted by atomic mass is 9.95. The van der Waals surface area contributed by atoms with Gasteiger partial charge in [0.2, 0.25) is 0 Å². The topological polar surface area (TPSA) is 37.3 Å². The summed E-state index contributed by atoms with van der Waals surface area (Å²) in [4.78, 5) is 11.9. The van der Waals surface area contributed by atoms with Crippen molar-refractivity contribution in [1.29, 1.82) is 0 Å². The monoisotopic (exact) mass is 232 g/mol. The van der Waals surface area contributed by atoms with Crippen LogP contribution in [-0.2, 0) is 4.79 Å². The Morgan fingerprint density at radius 2 is 2.06 bits per heavy atom. The van der Waals surface area contributed by atoms with Crippen molar-refractivity contribution in [1.82, 2.24) is 0 Å². The van der Waals surface area contributed by atoms with Crippen LogP contribution >= 0.6 is 0 Å². The standard InChI is InChI=1S/C15H20O2/c1-2-3-4-8-11-15(17)14(12-16)13-9-6-5-7-10-13/h5-11,14,16H,2-4,12H2,1H3. The van der Waals surface area contributed by atoms with E-state index in [4.69, 9.17) is 0 Å². The molecule has 0 amide bonds. The van der Waals surface area contributed by atoms with Crippen molar-refractivity contribution < 1.29 is 9.90 Å². The first kappa shape index (κ1) is 13.7. The summed E-state index contributed by atoms with van der Waals surface area (Å²) < 4.78 is 0. The summed E-state index contributed by atoms with van der Waals surface area (Å²) in [5.74, 6) is -0.441. The van der Waals surface area contributed by atoms with Crippen LogP contribution in [0.3, 0.4) is 0 Å². The lowest BCUT2D eigenvalue weighted by Crippen LogP contribution is -2.14. The van der Waals surface area contributed by atoms with Crippen molar-refractivity contribution in [2.45, 2.75) is 32.1 Å². The largest absolute Gasteiger partial charge is 0.395 e. The molecule has 0 saturated heterocycles. The molecule has 0 aromatic heterocycles. The fourth-order valence-electron chi connectivity index (χ4n) is 1.68. The SMILES string of the molecule is CCCCC=CC(=O)C(CO)c1ccccc1. The predicted molar refractivity (Wildman–Crippen MR) is 69.9 cm³/mol. The molecule has 1 aromatic carbocycles. The van der Waals surface area contributed by atoms with E-state index in [1.54, 1.807) is 6.08 Å². The number of rotatable bonds is 7. The van der Waals surface area contributed by atoms with E-state index in [1.165, 1.54) is 0 Å². The highest BCUT2D eigenvalue weighted by Gasteiger charge is 2.16. The molecule has 0 aliphatic carbocycles. The molecule has 92 valence electrons.